The van der Waals surface area contributed by atoms with Crippen molar-refractivity contribution in [3.8, 4) is 0 Å². The molecular weight excluding hydrogens is 240 g/mol. The Morgan fingerprint density at radius 1 is 0.900 bits per heavy atom. The predicted molar refractivity (Wildman–Crippen MR) is 89.3 cm³/mol. The minimum atomic E-state index is 0.718. The summed E-state index contributed by atoms with van der Waals surface area (Å²) in [4.78, 5) is 0. The molecule has 1 aliphatic carbocycles. The van der Waals surface area contributed by atoms with Gasteiger partial charge in [-0.15, -0.1) is 0 Å². The molecule has 1 aliphatic rings. The molecule has 0 spiro atoms. The first-order valence-corrected chi connectivity index (χ1v) is 8.67. The van der Waals surface area contributed by atoms with Gasteiger partial charge in [-0.05, 0) is 54.1 Å². The molecule has 1 unspecified atom stereocenters. The second kappa shape index (κ2) is 7.29. The molecular formula is C20H32. The predicted octanol–water partition coefficient (Wildman–Crippen LogP) is 6.52. The Kier molecular flexibility index (Phi) is 5.69. The van der Waals surface area contributed by atoms with Crippen molar-refractivity contribution in [1.29, 1.82) is 0 Å². The van der Waals surface area contributed by atoms with E-state index in [2.05, 4.69) is 52.0 Å². The number of hydrogen-bond donors (Lipinski definition) is 0. The third kappa shape index (κ3) is 4.11. The zero-order chi connectivity index (χ0) is 14.5. The third-order valence-electron chi connectivity index (χ3n) is 4.97. The van der Waals surface area contributed by atoms with E-state index < -0.39 is 0 Å². The summed E-state index contributed by atoms with van der Waals surface area (Å²) in [6, 6.07) is 9.66. The molecule has 0 N–H and O–H groups in total. The molecule has 112 valence electrons. The molecule has 0 amide bonds. The van der Waals surface area contributed by atoms with Crippen LogP contribution in [0.15, 0.2) is 24.3 Å². The zero-order valence-corrected chi connectivity index (χ0v) is 13.9. The van der Waals surface area contributed by atoms with Crippen molar-refractivity contribution in [2.75, 3.05) is 0 Å². The third-order valence-corrected chi connectivity index (χ3v) is 4.97. The van der Waals surface area contributed by atoms with E-state index in [0.29, 0.717) is 0 Å². The summed E-state index contributed by atoms with van der Waals surface area (Å²) >= 11 is 0. The van der Waals surface area contributed by atoms with Crippen molar-refractivity contribution in [3.05, 3.63) is 35.4 Å². The summed E-state index contributed by atoms with van der Waals surface area (Å²) in [7, 11) is 0. The Morgan fingerprint density at radius 3 is 2.00 bits per heavy atom. The lowest BCUT2D eigenvalue weighted by Crippen LogP contribution is -2.10. The molecule has 0 bridgehead atoms. The van der Waals surface area contributed by atoms with Crippen LogP contribution in [0.2, 0.25) is 0 Å². The summed E-state index contributed by atoms with van der Waals surface area (Å²) in [5.41, 5.74) is 3.13. The Balaban J connectivity index is 2.08. The van der Waals surface area contributed by atoms with Crippen LogP contribution in [0.1, 0.15) is 89.2 Å². The summed E-state index contributed by atoms with van der Waals surface area (Å²) < 4.78 is 0. The summed E-state index contributed by atoms with van der Waals surface area (Å²) in [6.07, 6.45) is 8.40. The van der Waals surface area contributed by atoms with Gasteiger partial charge in [0.2, 0.25) is 0 Å². The van der Waals surface area contributed by atoms with E-state index in [1.807, 2.05) is 0 Å². The van der Waals surface area contributed by atoms with Crippen LogP contribution in [0.5, 0.6) is 0 Å². The molecule has 1 saturated carbocycles. The summed E-state index contributed by atoms with van der Waals surface area (Å²) in [5, 5.41) is 0. The summed E-state index contributed by atoms with van der Waals surface area (Å²) in [6.45, 7) is 9.40. The van der Waals surface area contributed by atoms with Crippen LogP contribution < -0.4 is 0 Å². The van der Waals surface area contributed by atoms with Crippen LogP contribution in [0.3, 0.4) is 0 Å². The van der Waals surface area contributed by atoms with Gasteiger partial charge in [0.1, 0.15) is 0 Å². The first-order valence-electron chi connectivity index (χ1n) is 8.67. The van der Waals surface area contributed by atoms with Crippen molar-refractivity contribution >= 4 is 0 Å². The van der Waals surface area contributed by atoms with Crippen molar-refractivity contribution in [2.45, 2.75) is 78.1 Å². The number of hydrogen-bond acceptors (Lipinski definition) is 0. The van der Waals surface area contributed by atoms with Crippen molar-refractivity contribution < 1.29 is 0 Å². The van der Waals surface area contributed by atoms with Gasteiger partial charge in [-0.1, -0.05) is 71.2 Å². The summed E-state index contributed by atoms with van der Waals surface area (Å²) in [5.74, 6) is 3.06. The van der Waals surface area contributed by atoms with Gasteiger partial charge in [0.25, 0.3) is 0 Å². The topological polar surface area (TPSA) is 0 Å². The van der Waals surface area contributed by atoms with Gasteiger partial charge in [0.15, 0.2) is 0 Å². The van der Waals surface area contributed by atoms with Crippen LogP contribution in [0.4, 0.5) is 0 Å². The number of benzene rings is 1. The highest BCUT2D eigenvalue weighted by Crippen LogP contribution is 2.35. The quantitative estimate of drug-likeness (QED) is 0.572. The van der Waals surface area contributed by atoms with E-state index in [4.69, 9.17) is 0 Å². The highest BCUT2D eigenvalue weighted by atomic mass is 14.2. The van der Waals surface area contributed by atoms with E-state index in [0.717, 1.165) is 23.7 Å². The molecule has 0 heteroatoms. The van der Waals surface area contributed by atoms with Gasteiger partial charge < -0.3 is 0 Å². The largest absolute Gasteiger partial charge is 0.0628 e. The van der Waals surface area contributed by atoms with Gasteiger partial charge >= 0.3 is 0 Å². The van der Waals surface area contributed by atoms with Crippen LogP contribution in [0.25, 0.3) is 0 Å². The monoisotopic (exact) mass is 272 g/mol. The van der Waals surface area contributed by atoms with E-state index in [1.54, 1.807) is 11.1 Å². The highest BCUT2D eigenvalue weighted by Gasteiger charge is 2.19. The zero-order valence-electron chi connectivity index (χ0n) is 13.9. The Labute approximate surface area is 126 Å². The van der Waals surface area contributed by atoms with Gasteiger partial charge in [-0.25, -0.2) is 0 Å². The molecule has 0 saturated heterocycles. The van der Waals surface area contributed by atoms with E-state index in [-0.39, 0.29) is 0 Å². The molecule has 2 rings (SSSR count). The lowest BCUT2D eigenvalue weighted by molar-refractivity contribution is 0.407. The average Bonchev–Trinajstić information content (AvgIpc) is 2.45. The molecule has 1 fully saturated rings. The van der Waals surface area contributed by atoms with Gasteiger partial charge in [0, 0.05) is 0 Å². The molecule has 0 aliphatic heterocycles. The van der Waals surface area contributed by atoms with Crippen LogP contribution in [0, 0.1) is 11.8 Å². The second-order valence-electron chi connectivity index (χ2n) is 7.48. The van der Waals surface area contributed by atoms with E-state index in [9.17, 15) is 0 Å². The molecule has 1 atom stereocenters. The fraction of sp³-hybridized carbons (Fsp3) is 0.700. The fourth-order valence-corrected chi connectivity index (χ4v) is 3.75. The van der Waals surface area contributed by atoms with E-state index >= 15 is 0 Å². The minimum absolute atomic E-state index is 0.718. The lowest BCUT2D eigenvalue weighted by atomic mass is 9.80. The van der Waals surface area contributed by atoms with Gasteiger partial charge in [-0.2, -0.15) is 0 Å². The first kappa shape index (κ1) is 15.6. The molecule has 0 nitrogen and oxygen atoms in total. The lowest BCUT2D eigenvalue weighted by Gasteiger charge is -2.25. The van der Waals surface area contributed by atoms with E-state index in [1.165, 1.54) is 38.5 Å². The normalized spacial score (nSPS) is 18.7. The second-order valence-corrected chi connectivity index (χ2v) is 7.48. The molecule has 1 aromatic rings. The van der Waals surface area contributed by atoms with Crippen molar-refractivity contribution in [1.82, 2.24) is 0 Å². The average molecular weight is 272 g/mol. The van der Waals surface area contributed by atoms with Crippen LogP contribution in [-0.4, -0.2) is 0 Å². The first-order chi connectivity index (χ1) is 9.58. The SMILES string of the molecule is CC(C)CC(c1ccc(C2CCCCC2)cc1)C(C)C. The highest BCUT2D eigenvalue weighted by molar-refractivity contribution is 5.28. The molecule has 0 radical (unpaired) electrons. The standard InChI is InChI=1S/C20H32/c1-15(2)14-20(16(3)4)19-12-10-18(11-13-19)17-8-6-5-7-9-17/h10-13,15-17,20H,5-9,14H2,1-4H3. The number of rotatable bonds is 5. The Bertz CT molecular complexity index is 379. The van der Waals surface area contributed by atoms with Crippen LogP contribution >= 0.6 is 0 Å². The van der Waals surface area contributed by atoms with Crippen LogP contribution in [-0.2, 0) is 0 Å². The fourth-order valence-electron chi connectivity index (χ4n) is 3.75. The molecule has 1 aromatic carbocycles. The smallest absolute Gasteiger partial charge is 0.0136 e. The molecule has 0 heterocycles. The maximum atomic E-state index is 2.42. The van der Waals surface area contributed by atoms with Gasteiger partial charge in [0.05, 0.1) is 0 Å². The molecule has 20 heavy (non-hydrogen) atoms. The molecule has 0 aromatic heterocycles. The Hall–Kier alpha value is -0.780. The maximum Gasteiger partial charge on any atom is -0.0136 e. The Morgan fingerprint density at radius 2 is 1.50 bits per heavy atom. The maximum absolute atomic E-state index is 2.42. The minimum Gasteiger partial charge on any atom is -0.0628 e. The van der Waals surface area contributed by atoms with Crippen molar-refractivity contribution in [3.63, 3.8) is 0 Å². The van der Waals surface area contributed by atoms with Gasteiger partial charge in [-0.3, -0.25) is 0 Å². The van der Waals surface area contributed by atoms with Crippen molar-refractivity contribution in [2.24, 2.45) is 11.8 Å².